The lowest BCUT2D eigenvalue weighted by Crippen LogP contribution is -2.41. The molecule has 3 unspecified atom stereocenters. The molecule has 8 aromatic heterocycles. The third-order valence-corrected chi connectivity index (χ3v) is 24.3. The fourth-order valence-electron chi connectivity index (χ4n) is 17.1. The molecule has 1 aliphatic heterocycles. The topological polar surface area (TPSA) is 154 Å². The maximum absolute atomic E-state index is 13.7. The van der Waals surface area contributed by atoms with Gasteiger partial charge in [0.25, 0.3) is 5.92 Å². The highest BCUT2D eigenvalue weighted by molar-refractivity contribution is 6.36. The minimum absolute atomic E-state index is 0.0259. The van der Waals surface area contributed by atoms with Crippen molar-refractivity contribution in [3.05, 3.63) is 163 Å². The van der Waals surface area contributed by atoms with Crippen LogP contribution in [0.3, 0.4) is 0 Å². The molecule has 14 rings (SSSR count). The van der Waals surface area contributed by atoms with Crippen LogP contribution < -0.4 is 0 Å². The number of hydrogen-bond donors (Lipinski definition) is 2. The average Bonchev–Trinajstić information content (AvgIpc) is 1.61. The Morgan fingerprint density at radius 3 is 1.49 bits per heavy atom. The van der Waals surface area contributed by atoms with Gasteiger partial charge in [-0.15, -0.1) is 0 Å². The highest BCUT2D eigenvalue weighted by Crippen LogP contribution is 2.46. The molecule has 0 bridgehead atoms. The van der Waals surface area contributed by atoms with Crippen LogP contribution in [0.2, 0.25) is 20.1 Å². The van der Waals surface area contributed by atoms with Crippen LogP contribution in [0, 0.1) is 17.8 Å². The SMILES string of the molecule is CCOCCc1cc(C(=O)CCC2CCC(F)(F)CC2)c2c(Cl)cccn12.COCCc1cc(C(=O)CC[C@@]2(O)CCC[C@@H](C)C2)c2c(Cl)cccn12.O=C(CCC1(O)CCCC(F)(F)C1)c1cc(C2CCC2)n2cccc(Cl)c12.O=C(CCC1CCCC(F)(F)C1)c1cc(C2CCCO2)n2cccc(Cl)c12. The van der Waals surface area contributed by atoms with E-state index in [4.69, 9.17) is 60.6 Å². The predicted octanol–water partition coefficient (Wildman–Crippen LogP) is 22.6. The number of ether oxygens (including phenoxy) is 3. The predicted molar refractivity (Wildman–Crippen MR) is 409 cm³/mol. The lowest BCUT2D eigenvalue weighted by Gasteiger charge is -2.36. The van der Waals surface area contributed by atoms with Crippen LogP contribution in [-0.2, 0) is 27.1 Å². The largest absolute Gasteiger partial charge is 0.390 e. The molecule has 0 amide bonds. The van der Waals surface area contributed by atoms with Gasteiger partial charge in [0.2, 0.25) is 11.8 Å². The number of hydrogen-bond acceptors (Lipinski definition) is 9. The lowest BCUT2D eigenvalue weighted by atomic mass is 9.76. The summed E-state index contributed by atoms with van der Waals surface area (Å²) in [6.07, 6.45) is 22.8. The van der Waals surface area contributed by atoms with Crippen molar-refractivity contribution in [2.45, 2.75) is 254 Å². The minimum Gasteiger partial charge on any atom is -0.390 e. The summed E-state index contributed by atoms with van der Waals surface area (Å²) < 4.78 is 105. The Morgan fingerprint density at radius 2 is 0.981 bits per heavy atom. The Kier molecular flexibility index (Phi) is 27.8. The summed E-state index contributed by atoms with van der Waals surface area (Å²) in [6, 6.07) is 22.2. The Balaban J connectivity index is 0.000000142. The molecule has 6 aliphatic rings. The quantitative estimate of drug-likeness (QED) is 0.0323. The fourth-order valence-corrected chi connectivity index (χ4v) is 18.2. The Bertz CT molecular complexity index is 4400. The fraction of sp³-hybridized carbons (Fsp3) is 0.571. The third-order valence-electron chi connectivity index (χ3n) is 23.0. The van der Waals surface area contributed by atoms with Crippen molar-refractivity contribution >= 4 is 91.6 Å². The normalized spacial score (nSPS) is 22.9. The first-order valence-electron chi connectivity index (χ1n) is 38.6. The van der Waals surface area contributed by atoms with Gasteiger partial charge in [-0.3, -0.25) is 19.2 Å². The van der Waals surface area contributed by atoms with E-state index in [-0.39, 0.29) is 98.9 Å². The Morgan fingerprint density at radius 1 is 0.505 bits per heavy atom. The summed E-state index contributed by atoms with van der Waals surface area (Å²) in [5.41, 5.74) is 7.11. The summed E-state index contributed by atoms with van der Waals surface area (Å²) in [7, 11) is 1.67. The number of fused-ring (bicyclic) bond motifs is 4. The van der Waals surface area contributed by atoms with Gasteiger partial charge >= 0.3 is 0 Å². The second-order valence-electron chi connectivity index (χ2n) is 31.1. The molecular weight excluding hydrogens is 1460 g/mol. The molecule has 0 spiro atoms. The number of halogens is 10. The average molecular weight is 1570 g/mol. The van der Waals surface area contributed by atoms with Gasteiger partial charge < -0.3 is 42.0 Å². The van der Waals surface area contributed by atoms with Crippen molar-refractivity contribution in [3.63, 3.8) is 0 Å². The molecule has 5 saturated carbocycles. The number of rotatable bonds is 25. The van der Waals surface area contributed by atoms with Crippen LogP contribution in [0.25, 0.3) is 22.1 Å². The number of aliphatic hydroxyl groups is 2. The molecule has 9 heterocycles. The first kappa shape index (κ1) is 82.2. The second-order valence-corrected chi connectivity index (χ2v) is 32.7. The highest BCUT2D eigenvalue weighted by Gasteiger charge is 2.45. The van der Waals surface area contributed by atoms with Gasteiger partial charge in [0.1, 0.15) is 0 Å². The van der Waals surface area contributed by atoms with E-state index in [9.17, 15) is 55.7 Å². The van der Waals surface area contributed by atoms with Gasteiger partial charge in [0.05, 0.1) is 78.4 Å². The minimum atomic E-state index is -2.85. The van der Waals surface area contributed by atoms with E-state index >= 15 is 0 Å². The van der Waals surface area contributed by atoms with Gasteiger partial charge in [-0.25, -0.2) is 26.3 Å². The summed E-state index contributed by atoms with van der Waals surface area (Å²) in [6.45, 7) is 6.66. The van der Waals surface area contributed by atoms with Crippen LogP contribution in [0.4, 0.5) is 26.3 Å². The summed E-state index contributed by atoms with van der Waals surface area (Å²) in [4.78, 5) is 51.7. The van der Waals surface area contributed by atoms with Gasteiger partial charge in [0.15, 0.2) is 23.1 Å². The van der Waals surface area contributed by atoms with Crippen LogP contribution in [-0.4, -0.2) is 113 Å². The van der Waals surface area contributed by atoms with Crippen LogP contribution in [0.1, 0.15) is 276 Å². The van der Waals surface area contributed by atoms with Crippen LogP contribution in [0.5, 0.6) is 0 Å². The number of methoxy groups -OCH3 is 1. The number of carbonyl (C=O) groups is 4. The zero-order chi connectivity index (χ0) is 76.4. The molecule has 6 fully saturated rings. The zero-order valence-corrected chi connectivity index (χ0v) is 64.7. The molecule has 5 aliphatic carbocycles. The van der Waals surface area contributed by atoms with Crippen molar-refractivity contribution in [2.24, 2.45) is 17.8 Å². The maximum Gasteiger partial charge on any atom is 0.250 e. The van der Waals surface area contributed by atoms with Crippen molar-refractivity contribution < 1.29 is 69.9 Å². The molecule has 23 heteroatoms. The van der Waals surface area contributed by atoms with Crippen LogP contribution in [0.15, 0.2) is 97.6 Å². The van der Waals surface area contributed by atoms with Crippen molar-refractivity contribution in [1.82, 2.24) is 17.6 Å². The van der Waals surface area contributed by atoms with Gasteiger partial charge in [-0.1, -0.05) is 79.0 Å². The summed E-state index contributed by atoms with van der Waals surface area (Å²) >= 11 is 25.5. The molecule has 13 nitrogen and oxygen atoms in total. The molecule has 0 aromatic carbocycles. The molecule has 0 radical (unpaired) electrons. The first-order chi connectivity index (χ1) is 51.1. The number of alkyl halides is 6. The van der Waals surface area contributed by atoms with Crippen molar-refractivity contribution in [1.29, 1.82) is 0 Å². The Labute approximate surface area is 643 Å². The Hall–Kier alpha value is -5.74. The second kappa shape index (κ2) is 36.2. The van der Waals surface area contributed by atoms with Gasteiger partial charge in [-0.05, 0) is 200 Å². The van der Waals surface area contributed by atoms with E-state index in [1.807, 2.05) is 104 Å². The number of nitrogens with zero attached hydrogens (tertiary/aromatic N) is 4. The summed E-state index contributed by atoms with van der Waals surface area (Å²) in [5.74, 6) is -6.98. The van der Waals surface area contributed by atoms with Gasteiger partial charge in [0, 0.05) is 161 Å². The first-order valence-corrected chi connectivity index (χ1v) is 40.1. The number of ketones is 4. The maximum atomic E-state index is 13.7. The van der Waals surface area contributed by atoms with E-state index in [0.29, 0.717) is 156 Å². The highest BCUT2D eigenvalue weighted by atomic mass is 35.5. The van der Waals surface area contributed by atoms with E-state index in [1.165, 1.54) is 12.8 Å². The van der Waals surface area contributed by atoms with Crippen molar-refractivity contribution in [2.75, 3.05) is 33.5 Å². The monoisotopic (exact) mass is 1560 g/mol. The van der Waals surface area contributed by atoms with E-state index in [1.54, 1.807) is 25.3 Å². The summed E-state index contributed by atoms with van der Waals surface area (Å²) in [5, 5.41) is 23.5. The van der Waals surface area contributed by atoms with E-state index in [2.05, 4.69) is 6.92 Å². The van der Waals surface area contributed by atoms with Gasteiger partial charge in [-0.2, -0.15) is 0 Å². The zero-order valence-electron chi connectivity index (χ0n) is 61.7. The smallest absolute Gasteiger partial charge is 0.250 e. The molecular formula is C84H102Cl4F6N4O9. The molecule has 582 valence electrons. The molecule has 8 aromatic rings. The standard InChI is InChI=1S/2C21H24ClF2NO2.C21H26ClF2NO2.C21H28ClNO3/c22-16-5-2-10-25-17(19-6-3-11-27-19)12-15(20(16)25)18(26)8-7-14-4-1-9-21(23,24)13-14;22-16-6-2-11-25-17(14-4-1-5-14)12-15(19(16)25)18(26)7-10-20(27)8-3-9-21(23,24)13-20;1-2-27-13-9-16-14-17(20-18(22)4-3-12-25(16)20)19(26)6-5-15-7-10-21(23,24)11-8-15;1-15-5-3-9-21(25,14-15)10-7-19(24)17-13-16(8-12-26-2)23-11-4-6-18(22)20(17)23/h2,5,10,12,14,19H,1,3-4,6-9,11,13H2;2,6,11-12,14,27H,1,3-5,7-10,13H2;3-4,12,14-15H,2,5-11,13H2,1H3;4,6,11,13,15,25H,3,5,7-10,12,14H2,1-2H3/t;;;15-,21+/m...1/s1. The van der Waals surface area contributed by atoms with Crippen LogP contribution >= 0.6 is 46.4 Å². The molecule has 5 atom stereocenters. The molecule has 107 heavy (non-hydrogen) atoms. The lowest BCUT2D eigenvalue weighted by molar-refractivity contribution is -0.126. The van der Waals surface area contributed by atoms with Crippen molar-refractivity contribution in [3.8, 4) is 0 Å². The van der Waals surface area contributed by atoms with E-state index in [0.717, 1.165) is 91.8 Å². The number of pyridine rings is 4. The number of aromatic nitrogens is 4. The molecule has 1 saturated heterocycles. The third kappa shape index (κ3) is 20.7. The molecule has 2 N–H and O–H groups in total. The number of Topliss-reactive ketones (excluding diaryl/α,β-unsaturated/α-hetero) is 4. The van der Waals surface area contributed by atoms with E-state index < -0.39 is 35.4 Å². The number of carbonyl (C=O) groups excluding carboxylic acids is 4.